The van der Waals surface area contributed by atoms with Gasteiger partial charge in [0.1, 0.15) is 0 Å². The molecule has 0 saturated heterocycles. The lowest BCUT2D eigenvalue weighted by Crippen LogP contribution is -1.76. The zero-order valence-corrected chi connectivity index (χ0v) is 9.15. The fourth-order valence-electron chi connectivity index (χ4n) is 1.18. The smallest absolute Gasteiger partial charge is 0.00633 e. The lowest BCUT2D eigenvalue weighted by Gasteiger charge is -1.95. The van der Waals surface area contributed by atoms with E-state index in [2.05, 4.69) is 31.7 Å². The van der Waals surface area contributed by atoms with E-state index in [1.807, 2.05) is 0 Å². The summed E-state index contributed by atoms with van der Waals surface area (Å²) >= 11 is 4.14. The molecule has 0 aliphatic rings. The van der Waals surface area contributed by atoms with Gasteiger partial charge in [-0.15, -0.1) is 0 Å². The molecule has 0 nitrogen and oxygen atoms in total. The summed E-state index contributed by atoms with van der Waals surface area (Å²) in [7, 11) is 0. The largest absolute Gasteiger partial charge is 0.179 e. The van der Waals surface area contributed by atoms with Crippen LogP contribution in [0.3, 0.4) is 0 Å². The Bertz CT molecular complexity index is 97.2. The molecule has 12 heavy (non-hydrogen) atoms. The van der Waals surface area contributed by atoms with Crippen LogP contribution in [0.1, 0.15) is 51.9 Å². The van der Waals surface area contributed by atoms with Crippen molar-refractivity contribution in [2.75, 3.05) is 5.75 Å². The SMILES string of the molecule is CCCCCCCC=CCCS. The summed E-state index contributed by atoms with van der Waals surface area (Å²) in [6.07, 6.45) is 13.8. The molecule has 0 saturated carbocycles. The molecule has 0 spiro atoms. The third-order valence-corrected chi connectivity index (χ3v) is 2.19. The Morgan fingerprint density at radius 3 is 2.25 bits per heavy atom. The minimum absolute atomic E-state index is 0.979. The number of hydrogen-bond donors (Lipinski definition) is 1. The Labute approximate surface area is 82.9 Å². The van der Waals surface area contributed by atoms with Crippen molar-refractivity contribution in [3.8, 4) is 0 Å². The van der Waals surface area contributed by atoms with Crippen LogP contribution in [0.25, 0.3) is 0 Å². The maximum atomic E-state index is 4.14. The molecule has 0 aromatic carbocycles. The highest BCUT2D eigenvalue weighted by Crippen LogP contribution is 2.05. The van der Waals surface area contributed by atoms with Gasteiger partial charge in [-0.3, -0.25) is 0 Å². The molecule has 0 radical (unpaired) electrons. The molecule has 0 aromatic rings. The van der Waals surface area contributed by atoms with Gasteiger partial charge in [-0.05, 0) is 25.0 Å². The topological polar surface area (TPSA) is 0 Å². The Morgan fingerprint density at radius 2 is 1.58 bits per heavy atom. The number of thiol groups is 1. The first kappa shape index (κ1) is 12.1. The van der Waals surface area contributed by atoms with Gasteiger partial charge >= 0.3 is 0 Å². The van der Waals surface area contributed by atoms with Crippen LogP contribution in [0.5, 0.6) is 0 Å². The number of allylic oxidation sites excluding steroid dienone is 2. The van der Waals surface area contributed by atoms with E-state index in [1.54, 1.807) is 0 Å². The van der Waals surface area contributed by atoms with Gasteiger partial charge in [0.25, 0.3) is 0 Å². The highest BCUT2D eigenvalue weighted by atomic mass is 32.1. The quantitative estimate of drug-likeness (QED) is 0.327. The third kappa shape index (κ3) is 10.1. The van der Waals surface area contributed by atoms with Crippen LogP contribution in [0, 0.1) is 0 Å². The predicted octanol–water partition coefficient (Wildman–Crippen LogP) is 4.22. The minimum Gasteiger partial charge on any atom is -0.179 e. The van der Waals surface area contributed by atoms with Crippen molar-refractivity contribution in [1.82, 2.24) is 0 Å². The van der Waals surface area contributed by atoms with Crippen molar-refractivity contribution in [3.63, 3.8) is 0 Å². The van der Waals surface area contributed by atoms with E-state index < -0.39 is 0 Å². The Morgan fingerprint density at radius 1 is 0.917 bits per heavy atom. The average molecular weight is 186 g/mol. The van der Waals surface area contributed by atoms with Crippen LogP contribution in [-0.4, -0.2) is 5.75 Å². The Hall–Kier alpha value is 0.0900. The summed E-state index contributed by atoms with van der Waals surface area (Å²) in [5, 5.41) is 0. The third-order valence-electron chi connectivity index (χ3n) is 1.94. The second-order valence-corrected chi connectivity index (χ2v) is 3.63. The molecular weight excluding hydrogens is 164 g/mol. The number of unbranched alkanes of at least 4 members (excludes halogenated alkanes) is 5. The molecule has 72 valence electrons. The summed E-state index contributed by atoms with van der Waals surface area (Å²) in [6.45, 7) is 2.26. The van der Waals surface area contributed by atoms with E-state index in [0.29, 0.717) is 0 Å². The molecule has 0 aromatic heterocycles. The van der Waals surface area contributed by atoms with Gasteiger partial charge in [-0.25, -0.2) is 0 Å². The van der Waals surface area contributed by atoms with Gasteiger partial charge in [-0.1, -0.05) is 44.8 Å². The van der Waals surface area contributed by atoms with Gasteiger partial charge in [0.05, 0.1) is 0 Å². The molecule has 1 heteroatoms. The fraction of sp³-hybridized carbons (Fsp3) is 0.818. The lowest BCUT2D eigenvalue weighted by molar-refractivity contribution is 0.637. The molecule has 0 aliphatic carbocycles. The van der Waals surface area contributed by atoms with Crippen LogP contribution < -0.4 is 0 Å². The maximum Gasteiger partial charge on any atom is -0.00633 e. The van der Waals surface area contributed by atoms with E-state index in [-0.39, 0.29) is 0 Å². The van der Waals surface area contributed by atoms with E-state index in [9.17, 15) is 0 Å². The van der Waals surface area contributed by atoms with Crippen LogP contribution in [0.4, 0.5) is 0 Å². The van der Waals surface area contributed by atoms with Crippen molar-refractivity contribution in [2.24, 2.45) is 0 Å². The summed E-state index contributed by atoms with van der Waals surface area (Å²) < 4.78 is 0. The Balaban J connectivity index is 2.90. The predicted molar refractivity (Wildman–Crippen MR) is 61.0 cm³/mol. The molecule has 0 rings (SSSR count). The zero-order valence-electron chi connectivity index (χ0n) is 8.26. The number of hydrogen-bond acceptors (Lipinski definition) is 1. The van der Waals surface area contributed by atoms with Crippen LogP contribution in [-0.2, 0) is 0 Å². The highest BCUT2D eigenvalue weighted by Gasteiger charge is 1.85. The summed E-state index contributed by atoms with van der Waals surface area (Å²) in [4.78, 5) is 0. The average Bonchev–Trinajstić information content (AvgIpc) is 2.10. The first-order chi connectivity index (χ1) is 5.91. The number of rotatable bonds is 8. The van der Waals surface area contributed by atoms with Crippen LogP contribution in [0.15, 0.2) is 12.2 Å². The summed E-state index contributed by atoms with van der Waals surface area (Å²) in [6, 6.07) is 0. The second kappa shape index (κ2) is 11.1. The summed E-state index contributed by atoms with van der Waals surface area (Å²) in [5.74, 6) is 0.979. The van der Waals surface area contributed by atoms with Gasteiger partial charge in [0.15, 0.2) is 0 Å². The molecule has 0 N–H and O–H groups in total. The molecule has 0 fully saturated rings. The van der Waals surface area contributed by atoms with Gasteiger partial charge < -0.3 is 0 Å². The normalized spacial score (nSPS) is 11.2. The first-order valence-corrected chi connectivity index (χ1v) is 5.81. The molecule has 0 unspecified atom stereocenters. The zero-order chi connectivity index (χ0) is 9.07. The fourth-order valence-corrected chi connectivity index (χ4v) is 1.33. The molecule has 0 atom stereocenters. The van der Waals surface area contributed by atoms with Crippen molar-refractivity contribution >= 4 is 12.6 Å². The van der Waals surface area contributed by atoms with Gasteiger partial charge in [0.2, 0.25) is 0 Å². The highest BCUT2D eigenvalue weighted by molar-refractivity contribution is 7.80. The van der Waals surface area contributed by atoms with Gasteiger partial charge in [0, 0.05) is 0 Å². The van der Waals surface area contributed by atoms with Crippen molar-refractivity contribution in [2.45, 2.75) is 51.9 Å². The molecule has 0 heterocycles. The monoisotopic (exact) mass is 186 g/mol. The van der Waals surface area contributed by atoms with Crippen LogP contribution >= 0.6 is 12.6 Å². The minimum atomic E-state index is 0.979. The summed E-state index contributed by atoms with van der Waals surface area (Å²) in [5.41, 5.74) is 0. The van der Waals surface area contributed by atoms with E-state index in [1.165, 1.54) is 38.5 Å². The Kier molecular flexibility index (Phi) is 11.2. The van der Waals surface area contributed by atoms with E-state index in [0.717, 1.165) is 12.2 Å². The van der Waals surface area contributed by atoms with Crippen molar-refractivity contribution in [3.05, 3.63) is 12.2 Å². The second-order valence-electron chi connectivity index (χ2n) is 3.19. The van der Waals surface area contributed by atoms with E-state index in [4.69, 9.17) is 0 Å². The van der Waals surface area contributed by atoms with E-state index >= 15 is 0 Å². The maximum absolute atomic E-state index is 4.14. The standard InChI is InChI=1S/C11H22S/c1-2-3-4-5-6-7-8-9-10-11-12/h8-9,12H,2-7,10-11H2,1H3. The molecular formula is C11H22S. The molecule has 0 amide bonds. The molecule has 0 bridgehead atoms. The lowest BCUT2D eigenvalue weighted by atomic mass is 10.1. The van der Waals surface area contributed by atoms with Gasteiger partial charge in [-0.2, -0.15) is 12.6 Å². The first-order valence-electron chi connectivity index (χ1n) is 5.17. The van der Waals surface area contributed by atoms with Crippen molar-refractivity contribution in [1.29, 1.82) is 0 Å². The van der Waals surface area contributed by atoms with Crippen LogP contribution in [0.2, 0.25) is 0 Å². The van der Waals surface area contributed by atoms with Crippen molar-refractivity contribution < 1.29 is 0 Å². The molecule has 0 aliphatic heterocycles.